The van der Waals surface area contributed by atoms with E-state index in [0.717, 1.165) is 21.0 Å². The zero-order valence-electron chi connectivity index (χ0n) is 8.62. The van der Waals surface area contributed by atoms with Gasteiger partial charge in [-0.2, -0.15) is 0 Å². The molecule has 0 radical (unpaired) electrons. The van der Waals surface area contributed by atoms with E-state index in [4.69, 9.17) is 5.73 Å². The van der Waals surface area contributed by atoms with Gasteiger partial charge >= 0.3 is 0 Å². The summed E-state index contributed by atoms with van der Waals surface area (Å²) >= 11 is 5.16. The van der Waals surface area contributed by atoms with E-state index in [1.807, 2.05) is 20.0 Å². The van der Waals surface area contributed by atoms with E-state index < -0.39 is 0 Å². The van der Waals surface area contributed by atoms with Crippen molar-refractivity contribution in [1.82, 2.24) is 9.55 Å². The van der Waals surface area contributed by atoms with E-state index in [1.54, 1.807) is 11.3 Å². The van der Waals surface area contributed by atoms with Crippen molar-refractivity contribution < 1.29 is 0 Å². The molecule has 0 unspecified atom stereocenters. The van der Waals surface area contributed by atoms with Crippen LogP contribution in [-0.2, 0) is 13.6 Å². The number of rotatable bonds is 2. The number of aromatic nitrogens is 2. The van der Waals surface area contributed by atoms with Crippen LogP contribution in [0, 0.1) is 6.92 Å². The average Bonchev–Trinajstić information content (AvgIpc) is 2.73. The minimum atomic E-state index is 0.479. The minimum Gasteiger partial charge on any atom is -0.330 e. The summed E-state index contributed by atoms with van der Waals surface area (Å²) in [5, 5.41) is 0. The quantitative estimate of drug-likeness (QED) is 0.922. The zero-order valence-corrected chi connectivity index (χ0v) is 11.0. The van der Waals surface area contributed by atoms with E-state index in [-0.39, 0.29) is 0 Å². The predicted octanol–water partition coefficient (Wildman–Crippen LogP) is 2.68. The van der Waals surface area contributed by atoms with Gasteiger partial charge in [0.1, 0.15) is 5.82 Å². The zero-order chi connectivity index (χ0) is 11.0. The molecule has 0 aromatic carbocycles. The molecule has 5 heteroatoms. The molecule has 0 atom stereocenters. The lowest BCUT2D eigenvalue weighted by Crippen LogP contribution is -1.99. The van der Waals surface area contributed by atoms with Gasteiger partial charge in [-0.1, -0.05) is 0 Å². The van der Waals surface area contributed by atoms with Crippen LogP contribution < -0.4 is 5.73 Å². The fourth-order valence-corrected chi connectivity index (χ4v) is 3.06. The number of nitrogens with two attached hydrogens (primary N) is 1. The van der Waals surface area contributed by atoms with Gasteiger partial charge in [0.05, 0.1) is 20.1 Å². The maximum Gasteiger partial charge on any atom is 0.106 e. The van der Waals surface area contributed by atoms with Crippen molar-refractivity contribution in [2.45, 2.75) is 13.5 Å². The van der Waals surface area contributed by atoms with Gasteiger partial charge in [0.25, 0.3) is 0 Å². The third-order valence-electron chi connectivity index (χ3n) is 2.39. The Morgan fingerprint density at radius 1 is 1.53 bits per heavy atom. The molecule has 0 spiro atoms. The Morgan fingerprint density at radius 3 is 2.80 bits per heavy atom. The lowest BCUT2D eigenvalue weighted by atomic mass is 10.3. The molecule has 2 N–H and O–H groups in total. The minimum absolute atomic E-state index is 0.479. The van der Waals surface area contributed by atoms with Crippen LogP contribution in [0.5, 0.6) is 0 Å². The summed E-state index contributed by atoms with van der Waals surface area (Å²) in [4.78, 5) is 5.64. The molecule has 15 heavy (non-hydrogen) atoms. The lowest BCUT2D eigenvalue weighted by Gasteiger charge is -2.02. The highest BCUT2D eigenvalue weighted by Gasteiger charge is 2.14. The van der Waals surface area contributed by atoms with E-state index in [0.29, 0.717) is 6.54 Å². The second-order valence-electron chi connectivity index (χ2n) is 3.32. The molecule has 2 aromatic rings. The first kappa shape index (κ1) is 10.9. The van der Waals surface area contributed by atoms with Crippen molar-refractivity contribution in [2.75, 3.05) is 0 Å². The van der Waals surface area contributed by atoms with Gasteiger partial charge in [-0.05, 0) is 35.0 Å². The molecular weight excluding hydrogens is 274 g/mol. The molecule has 3 nitrogen and oxygen atoms in total. The highest BCUT2D eigenvalue weighted by molar-refractivity contribution is 9.11. The van der Waals surface area contributed by atoms with E-state index in [9.17, 15) is 0 Å². The second-order valence-corrected chi connectivity index (χ2v) is 5.78. The smallest absolute Gasteiger partial charge is 0.106 e. The SMILES string of the molecule is Cc1nc(CN)c(-c2ccc(Br)s2)n1C. The van der Waals surface area contributed by atoms with E-state index >= 15 is 0 Å². The van der Waals surface area contributed by atoms with Crippen LogP contribution in [0.25, 0.3) is 10.6 Å². The summed E-state index contributed by atoms with van der Waals surface area (Å²) in [6.07, 6.45) is 0. The number of imidazole rings is 1. The van der Waals surface area contributed by atoms with Gasteiger partial charge in [0.15, 0.2) is 0 Å². The summed E-state index contributed by atoms with van der Waals surface area (Å²) in [5.74, 6) is 0.995. The van der Waals surface area contributed by atoms with Gasteiger partial charge in [-0.25, -0.2) is 4.98 Å². The van der Waals surface area contributed by atoms with Crippen molar-refractivity contribution in [3.63, 3.8) is 0 Å². The summed E-state index contributed by atoms with van der Waals surface area (Å²) in [7, 11) is 2.02. The molecule has 0 bridgehead atoms. The Hall–Kier alpha value is -0.650. The van der Waals surface area contributed by atoms with Crippen LogP contribution in [0.3, 0.4) is 0 Å². The number of aryl methyl sites for hydroxylation is 1. The maximum atomic E-state index is 5.69. The molecule has 0 aliphatic heterocycles. The Balaban J connectivity index is 2.60. The number of nitrogens with zero attached hydrogens (tertiary/aromatic N) is 2. The first-order valence-corrected chi connectivity index (χ1v) is 6.22. The summed E-state index contributed by atoms with van der Waals surface area (Å²) in [6.45, 7) is 2.47. The van der Waals surface area contributed by atoms with Crippen molar-refractivity contribution in [2.24, 2.45) is 12.8 Å². The van der Waals surface area contributed by atoms with Gasteiger partial charge in [0.2, 0.25) is 0 Å². The second kappa shape index (κ2) is 4.08. The highest BCUT2D eigenvalue weighted by Crippen LogP contribution is 2.33. The lowest BCUT2D eigenvalue weighted by molar-refractivity contribution is 0.866. The normalized spacial score (nSPS) is 10.9. The van der Waals surface area contributed by atoms with Crippen molar-refractivity contribution >= 4 is 27.3 Å². The summed E-state index contributed by atoms with van der Waals surface area (Å²) in [5.41, 5.74) is 7.79. The number of halogens is 1. The van der Waals surface area contributed by atoms with Gasteiger partial charge in [-0.15, -0.1) is 11.3 Å². The third kappa shape index (κ3) is 1.87. The monoisotopic (exact) mass is 285 g/mol. The molecule has 0 saturated heterocycles. The van der Waals surface area contributed by atoms with Crippen LogP contribution >= 0.6 is 27.3 Å². The first-order valence-electron chi connectivity index (χ1n) is 4.61. The Bertz CT molecular complexity index is 487. The molecule has 0 fully saturated rings. The van der Waals surface area contributed by atoms with Crippen molar-refractivity contribution in [3.8, 4) is 10.6 Å². The van der Waals surface area contributed by atoms with Crippen LogP contribution in [0.2, 0.25) is 0 Å². The van der Waals surface area contributed by atoms with Crippen LogP contribution in [-0.4, -0.2) is 9.55 Å². The number of thiophene rings is 1. The molecule has 2 rings (SSSR count). The molecule has 0 aliphatic rings. The molecule has 2 heterocycles. The molecule has 80 valence electrons. The predicted molar refractivity (Wildman–Crippen MR) is 66.8 cm³/mol. The summed E-state index contributed by atoms with van der Waals surface area (Å²) in [6, 6.07) is 4.13. The first-order chi connectivity index (χ1) is 7.13. The third-order valence-corrected chi connectivity index (χ3v) is 4.02. The van der Waals surface area contributed by atoms with E-state index in [1.165, 1.54) is 4.88 Å². The molecular formula is C10H12BrN3S. The van der Waals surface area contributed by atoms with E-state index in [2.05, 4.69) is 31.5 Å². The topological polar surface area (TPSA) is 43.8 Å². The Labute approximate surface area is 101 Å². The molecule has 0 saturated carbocycles. The van der Waals surface area contributed by atoms with Crippen molar-refractivity contribution in [3.05, 3.63) is 27.4 Å². The number of hydrogen-bond donors (Lipinski definition) is 1. The highest BCUT2D eigenvalue weighted by atomic mass is 79.9. The molecule has 0 aliphatic carbocycles. The van der Waals surface area contributed by atoms with Gasteiger partial charge in [0, 0.05) is 13.6 Å². The summed E-state index contributed by atoms with van der Waals surface area (Å²) < 4.78 is 3.21. The fraction of sp³-hybridized carbons (Fsp3) is 0.300. The van der Waals surface area contributed by atoms with Gasteiger partial charge < -0.3 is 10.3 Å². The molecule has 2 aromatic heterocycles. The Kier molecular flexibility index (Phi) is 2.95. The number of hydrogen-bond acceptors (Lipinski definition) is 3. The molecule has 0 amide bonds. The average molecular weight is 286 g/mol. The fourth-order valence-electron chi connectivity index (χ4n) is 1.57. The largest absolute Gasteiger partial charge is 0.330 e. The van der Waals surface area contributed by atoms with Crippen LogP contribution in [0.1, 0.15) is 11.5 Å². The van der Waals surface area contributed by atoms with Crippen LogP contribution in [0.4, 0.5) is 0 Å². The van der Waals surface area contributed by atoms with Gasteiger partial charge in [-0.3, -0.25) is 0 Å². The standard InChI is InChI=1S/C10H12BrN3S/c1-6-13-7(5-12)10(14(6)2)8-3-4-9(11)15-8/h3-4H,5,12H2,1-2H3. The van der Waals surface area contributed by atoms with Crippen molar-refractivity contribution in [1.29, 1.82) is 0 Å². The maximum absolute atomic E-state index is 5.69. The Morgan fingerprint density at radius 2 is 2.27 bits per heavy atom. The van der Waals surface area contributed by atoms with Crippen LogP contribution in [0.15, 0.2) is 15.9 Å².